The molecule has 2 aromatic carbocycles. The van der Waals surface area contributed by atoms with Gasteiger partial charge in [0.05, 0.1) is 0 Å². The van der Waals surface area contributed by atoms with Gasteiger partial charge in [0, 0.05) is 29.8 Å². The molecule has 0 aliphatic carbocycles. The topological polar surface area (TPSA) is 94.0 Å². The maximum Gasteiger partial charge on any atom is 0.262 e. The van der Waals surface area contributed by atoms with Gasteiger partial charge in [-0.15, -0.1) is 0 Å². The predicted octanol–water partition coefficient (Wildman–Crippen LogP) is 3.56. The largest absolute Gasteiger partial charge is 0.484 e. The number of aromatic nitrogens is 4. The maximum atomic E-state index is 12.9. The van der Waals surface area contributed by atoms with Gasteiger partial charge in [-0.05, 0) is 48.5 Å². The molecule has 2 N–H and O–H groups in total. The number of imidazole rings is 1. The van der Waals surface area contributed by atoms with E-state index >= 15 is 0 Å². The fraction of sp³-hybridized carbons (Fsp3) is 0.0476. The van der Waals surface area contributed by atoms with Gasteiger partial charge in [-0.25, -0.2) is 19.3 Å². The minimum absolute atomic E-state index is 0.177. The smallest absolute Gasteiger partial charge is 0.262 e. The lowest BCUT2D eigenvalue weighted by molar-refractivity contribution is -0.118. The molecule has 1 amide bonds. The number of nitrogens with one attached hydrogen (secondary N) is 2. The summed E-state index contributed by atoms with van der Waals surface area (Å²) >= 11 is 0. The van der Waals surface area contributed by atoms with Gasteiger partial charge in [0.1, 0.15) is 35.9 Å². The molecule has 0 spiro atoms. The van der Waals surface area contributed by atoms with Crippen LogP contribution in [0.4, 0.5) is 21.6 Å². The van der Waals surface area contributed by atoms with Crippen molar-refractivity contribution >= 4 is 23.1 Å². The van der Waals surface area contributed by atoms with Gasteiger partial charge in [0.15, 0.2) is 6.61 Å². The summed E-state index contributed by atoms with van der Waals surface area (Å²) in [6, 6.07) is 14.4. The Morgan fingerprint density at radius 2 is 1.80 bits per heavy atom. The van der Waals surface area contributed by atoms with Crippen molar-refractivity contribution in [2.75, 3.05) is 17.2 Å². The molecule has 0 atom stereocenters. The van der Waals surface area contributed by atoms with Gasteiger partial charge < -0.3 is 15.4 Å². The number of benzene rings is 2. The van der Waals surface area contributed by atoms with Gasteiger partial charge in [-0.2, -0.15) is 0 Å². The normalized spacial score (nSPS) is 10.4. The van der Waals surface area contributed by atoms with Crippen LogP contribution in [0.3, 0.4) is 0 Å². The van der Waals surface area contributed by atoms with Crippen molar-refractivity contribution < 1.29 is 13.9 Å². The number of carbonyl (C=O) groups excluding carboxylic acids is 1. The Kier molecular flexibility index (Phi) is 5.61. The SMILES string of the molecule is O=C(COc1ccc(F)cc1)Nc1ccc(Nc2cc(-n3ccnc3)ncn2)cc1. The molecular formula is C21H17FN6O2. The Labute approximate surface area is 171 Å². The number of halogens is 1. The van der Waals surface area contributed by atoms with Crippen molar-refractivity contribution in [1.82, 2.24) is 19.5 Å². The fourth-order valence-electron chi connectivity index (χ4n) is 2.61. The van der Waals surface area contributed by atoms with Crippen LogP contribution >= 0.6 is 0 Å². The van der Waals surface area contributed by atoms with Crippen LogP contribution in [-0.4, -0.2) is 32.0 Å². The van der Waals surface area contributed by atoms with Gasteiger partial charge in [-0.1, -0.05) is 0 Å². The number of ether oxygens (including phenoxy) is 1. The van der Waals surface area contributed by atoms with Gasteiger partial charge in [0.25, 0.3) is 5.91 Å². The molecule has 2 aromatic heterocycles. The van der Waals surface area contributed by atoms with E-state index < -0.39 is 0 Å². The van der Waals surface area contributed by atoms with Crippen LogP contribution in [0.2, 0.25) is 0 Å². The lowest BCUT2D eigenvalue weighted by Gasteiger charge is -2.10. The molecule has 0 aliphatic rings. The van der Waals surface area contributed by atoms with E-state index in [0.717, 1.165) is 5.69 Å². The molecule has 4 rings (SSSR count). The Bertz CT molecular complexity index is 1120. The summed E-state index contributed by atoms with van der Waals surface area (Å²) in [5, 5.41) is 5.93. The molecule has 0 radical (unpaired) electrons. The summed E-state index contributed by atoms with van der Waals surface area (Å²) in [7, 11) is 0. The lowest BCUT2D eigenvalue weighted by atomic mass is 10.2. The maximum absolute atomic E-state index is 12.9. The molecule has 4 aromatic rings. The summed E-state index contributed by atoms with van der Waals surface area (Å²) in [5.74, 6) is 1.06. The second-order valence-corrected chi connectivity index (χ2v) is 6.22. The van der Waals surface area contributed by atoms with Crippen molar-refractivity contribution in [3.05, 3.63) is 85.5 Å². The molecular weight excluding hydrogens is 387 g/mol. The van der Waals surface area contributed by atoms with Crippen LogP contribution in [-0.2, 0) is 4.79 Å². The molecule has 0 bridgehead atoms. The first kappa shape index (κ1) is 19.1. The number of carbonyl (C=O) groups is 1. The van der Waals surface area contributed by atoms with Crippen molar-refractivity contribution in [2.45, 2.75) is 0 Å². The van der Waals surface area contributed by atoms with E-state index in [4.69, 9.17) is 4.74 Å². The molecule has 0 unspecified atom stereocenters. The first-order valence-corrected chi connectivity index (χ1v) is 9.01. The molecule has 0 aliphatic heterocycles. The third-order valence-corrected chi connectivity index (χ3v) is 4.05. The molecule has 8 nitrogen and oxygen atoms in total. The van der Waals surface area contributed by atoms with Gasteiger partial charge in [0.2, 0.25) is 0 Å². The molecule has 2 heterocycles. The van der Waals surface area contributed by atoms with E-state index in [-0.39, 0.29) is 18.3 Å². The van der Waals surface area contributed by atoms with Crippen molar-refractivity contribution in [1.29, 1.82) is 0 Å². The first-order chi connectivity index (χ1) is 14.7. The Morgan fingerprint density at radius 1 is 1.03 bits per heavy atom. The fourth-order valence-corrected chi connectivity index (χ4v) is 2.61. The zero-order valence-corrected chi connectivity index (χ0v) is 15.7. The molecule has 0 saturated carbocycles. The van der Waals surface area contributed by atoms with E-state index in [1.165, 1.54) is 30.6 Å². The minimum atomic E-state index is -0.361. The zero-order chi connectivity index (χ0) is 20.8. The number of amides is 1. The minimum Gasteiger partial charge on any atom is -0.484 e. The number of anilines is 3. The van der Waals surface area contributed by atoms with E-state index in [1.54, 1.807) is 41.5 Å². The van der Waals surface area contributed by atoms with Crippen molar-refractivity contribution in [3.63, 3.8) is 0 Å². The second kappa shape index (κ2) is 8.82. The van der Waals surface area contributed by atoms with E-state index in [1.807, 2.05) is 12.1 Å². The van der Waals surface area contributed by atoms with E-state index in [0.29, 0.717) is 23.1 Å². The molecule has 0 fully saturated rings. The molecule has 0 saturated heterocycles. The number of hydrogen-bond donors (Lipinski definition) is 2. The highest BCUT2D eigenvalue weighted by molar-refractivity contribution is 5.92. The molecule has 30 heavy (non-hydrogen) atoms. The standard InChI is InChI=1S/C21H17FN6O2/c22-15-1-7-18(8-2-15)30-12-21(29)27-17-5-3-16(4-6-17)26-19-11-20(25-13-24-19)28-10-9-23-14-28/h1-11,13-14H,12H2,(H,27,29)(H,24,25,26). The van der Waals surface area contributed by atoms with Crippen molar-refractivity contribution in [2.24, 2.45) is 0 Å². The highest BCUT2D eigenvalue weighted by Gasteiger charge is 2.05. The number of hydrogen-bond acceptors (Lipinski definition) is 6. The van der Waals surface area contributed by atoms with Crippen LogP contribution in [0, 0.1) is 5.82 Å². The average molecular weight is 404 g/mol. The highest BCUT2D eigenvalue weighted by atomic mass is 19.1. The predicted molar refractivity (Wildman–Crippen MR) is 109 cm³/mol. The van der Waals surface area contributed by atoms with Crippen LogP contribution < -0.4 is 15.4 Å². The summed E-state index contributed by atoms with van der Waals surface area (Å²) in [4.78, 5) is 24.4. The Balaban J connectivity index is 1.32. The van der Waals surface area contributed by atoms with E-state index in [9.17, 15) is 9.18 Å². The Morgan fingerprint density at radius 3 is 2.53 bits per heavy atom. The quantitative estimate of drug-likeness (QED) is 0.489. The third kappa shape index (κ3) is 4.96. The highest BCUT2D eigenvalue weighted by Crippen LogP contribution is 2.19. The van der Waals surface area contributed by atoms with Gasteiger partial charge >= 0.3 is 0 Å². The molecule has 9 heteroatoms. The lowest BCUT2D eigenvalue weighted by Crippen LogP contribution is -2.20. The van der Waals surface area contributed by atoms with Crippen LogP contribution in [0.5, 0.6) is 5.75 Å². The van der Waals surface area contributed by atoms with Crippen LogP contribution in [0.1, 0.15) is 0 Å². The van der Waals surface area contributed by atoms with Gasteiger partial charge in [-0.3, -0.25) is 9.36 Å². The number of rotatable bonds is 7. The summed E-state index contributed by atoms with van der Waals surface area (Å²) in [6.45, 7) is -0.177. The van der Waals surface area contributed by atoms with Crippen LogP contribution in [0.25, 0.3) is 5.82 Å². The molecule has 150 valence electrons. The monoisotopic (exact) mass is 404 g/mol. The average Bonchev–Trinajstić information content (AvgIpc) is 3.30. The second-order valence-electron chi connectivity index (χ2n) is 6.22. The first-order valence-electron chi connectivity index (χ1n) is 9.01. The van der Waals surface area contributed by atoms with E-state index in [2.05, 4.69) is 25.6 Å². The van der Waals surface area contributed by atoms with Crippen LogP contribution in [0.15, 0.2) is 79.6 Å². The summed E-state index contributed by atoms with van der Waals surface area (Å²) in [6.07, 6.45) is 6.59. The zero-order valence-electron chi connectivity index (χ0n) is 15.7. The Hall–Kier alpha value is -4.27. The third-order valence-electron chi connectivity index (χ3n) is 4.05. The number of nitrogens with zero attached hydrogens (tertiary/aromatic N) is 4. The van der Waals surface area contributed by atoms with Crippen molar-refractivity contribution in [3.8, 4) is 11.6 Å². The summed E-state index contributed by atoms with van der Waals surface area (Å²) in [5.41, 5.74) is 1.42. The summed E-state index contributed by atoms with van der Waals surface area (Å²) < 4.78 is 20.0.